The van der Waals surface area contributed by atoms with Gasteiger partial charge in [-0.2, -0.15) is 0 Å². The Morgan fingerprint density at radius 2 is 0.632 bits per heavy atom. The van der Waals surface area contributed by atoms with E-state index in [-0.39, 0.29) is 25.2 Å². The van der Waals surface area contributed by atoms with Gasteiger partial charge < -0.3 is 14.6 Å². The predicted octanol–water partition coefficient (Wildman–Crippen LogP) is 19.3. The van der Waals surface area contributed by atoms with Gasteiger partial charge in [-0.25, -0.2) is 0 Å². The van der Waals surface area contributed by atoms with E-state index in [4.69, 9.17) is 9.47 Å². The first kappa shape index (κ1) is 64.6. The summed E-state index contributed by atoms with van der Waals surface area (Å²) in [6.45, 7) is 4.02. The number of allylic oxidation sites excluding steroid dienone is 18. The Morgan fingerprint density at radius 3 is 0.956 bits per heavy atom. The van der Waals surface area contributed by atoms with Gasteiger partial charge in [0.1, 0.15) is 6.61 Å². The van der Waals surface area contributed by atoms with Crippen LogP contribution in [0.2, 0.25) is 0 Å². The summed E-state index contributed by atoms with van der Waals surface area (Å²) in [6, 6.07) is 0. The van der Waals surface area contributed by atoms with Crippen LogP contribution in [0.1, 0.15) is 258 Å². The third kappa shape index (κ3) is 55.2. The summed E-state index contributed by atoms with van der Waals surface area (Å²) in [7, 11) is 0. The van der Waals surface area contributed by atoms with Gasteiger partial charge in [-0.3, -0.25) is 9.59 Å². The van der Waals surface area contributed by atoms with Crippen LogP contribution >= 0.6 is 0 Å². The molecule has 0 bridgehead atoms. The smallest absolute Gasteiger partial charge is 0.306 e. The van der Waals surface area contributed by atoms with Crippen molar-refractivity contribution >= 4 is 11.9 Å². The average molecular weight is 944 g/mol. The summed E-state index contributed by atoms with van der Waals surface area (Å²) in [4.78, 5) is 24.5. The Kier molecular flexibility index (Phi) is 54.9. The fourth-order valence-corrected chi connectivity index (χ4v) is 7.84. The van der Waals surface area contributed by atoms with Crippen molar-refractivity contribution in [1.82, 2.24) is 0 Å². The minimum absolute atomic E-state index is 0.0831. The van der Waals surface area contributed by atoms with Crippen LogP contribution in [0.15, 0.2) is 109 Å². The number of ether oxygens (including phenoxy) is 2. The van der Waals surface area contributed by atoms with Gasteiger partial charge in [-0.05, 0) is 83.5 Å². The molecule has 0 aromatic rings. The van der Waals surface area contributed by atoms with Crippen molar-refractivity contribution in [3.8, 4) is 0 Å². The van der Waals surface area contributed by atoms with E-state index in [1.165, 1.54) is 128 Å². The summed E-state index contributed by atoms with van der Waals surface area (Å²) in [5, 5.41) is 9.65. The van der Waals surface area contributed by atoms with Crippen LogP contribution in [0.3, 0.4) is 0 Å². The van der Waals surface area contributed by atoms with Crippen molar-refractivity contribution in [2.45, 2.75) is 264 Å². The molecule has 1 atom stereocenters. The number of unbranched alkanes of at least 4 members (excludes halogenated alkanes) is 25. The second-order valence-corrected chi connectivity index (χ2v) is 18.6. The summed E-state index contributed by atoms with van der Waals surface area (Å²) in [6.07, 6.45) is 83.4. The Hall–Kier alpha value is -3.44. The molecule has 388 valence electrons. The molecular formula is C63H106O5. The standard InChI is InChI=1S/C63H106O5/c1-3-5-7-9-11-13-15-17-19-21-23-25-27-28-29-30-31-32-33-34-36-38-40-42-44-46-48-50-52-54-56-58-63(66)68-61(59-64)60-67-62(65)57-55-53-51-49-47-45-43-41-39-37-35-26-24-22-20-18-16-14-12-10-8-6-4-2/h5,7,11,13,17,19,23,25,28-29,31-32,34,36,40,42,46,48,61,64H,3-4,6,8-10,12,14-16,18,20-22,24,26-27,30,33,35,37-39,41,43-45,47,49-60H2,1-2H3/b7-5-,13-11-,19-17-,25-23-,29-28-,32-31-,36-34-,42-40-,48-46-. The minimum atomic E-state index is -0.796. The minimum Gasteiger partial charge on any atom is -0.462 e. The number of hydrogen-bond donors (Lipinski definition) is 1. The van der Waals surface area contributed by atoms with Crippen LogP contribution < -0.4 is 0 Å². The molecule has 5 nitrogen and oxygen atoms in total. The Bertz CT molecular complexity index is 1340. The molecule has 68 heavy (non-hydrogen) atoms. The van der Waals surface area contributed by atoms with Gasteiger partial charge in [0, 0.05) is 12.8 Å². The normalized spacial score (nSPS) is 13.0. The Balaban J connectivity index is 3.61. The predicted molar refractivity (Wildman–Crippen MR) is 297 cm³/mol. The lowest BCUT2D eigenvalue weighted by Crippen LogP contribution is -2.28. The highest BCUT2D eigenvalue weighted by atomic mass is 16.6. The molecule has 0 aromatic heterocycles. The van der Waals surface area contributed by atoms with E-state index in [2.05, 4.69) is 123 Å². The van der Waals surface area contributed by atoms with Gasteiger partial charge in [-0.1, -0.05) is 271 Å². The number of esters is 2. The number of aliphatic hydroxyl groups is 1. The quantitative estimate of drug-likeness (QED) is 0.0374. The molecule has 0 amide bonds. The maximum absolute atomic E-state index is 12.3. The van der Waals surface area contributed by atoms with Crippen molar-refractivity contribution in [2.24, 2.45) is 0 Å². The Labute approximate surface area is 421 Å². The second-order valence-electron chi connectivity index (χ2n) is 18.6. The van der Waals surface area contributed by atoms with Crippen molar-refractivity contribution in [3.05, 3.63) is 109 Å². The first-order chi connectivity index (χ1) is 33.6. The molecule has 0 radical (unpaired) electrons. The van der Waals surface area contributed by atoms with Crippen LogP contribution in [0.25, 0.3) is 0 Å². The molecule has 0 saturated heterocycles. The van der Waals surface area contributed by atoms with Crippen LogP contribution in [-0.2, 0) is 19.1 Å². The van der Waals surface area contributed by atoms with Crippen LogP contribution in [0, 0.1) is 0 Å². The van der Waals surface area contributed by atoms with Crippen molar-refractivity contribution in [3.63, 3.8) is 0 Å². The zero-order valence-corrected chi connectivity index (χ0v) is 44.3. The molecule has 0 aliphatic heterocycles. The monoisotopic (exact) mass is 943 g/mol. The topological polar surface area (TPSA) is 72.8 Å². The number of carbonyl (C=O) groups is 2. The largest absolute Gasteiger partial charge is 0.462 e. The third-order valence-electron chi connectivity index (χ3n) is 12.1. The molecule has 0 rings (SSSR count). The maximum atomic E-state index is 12.3. The number of rotatable bonds is 51. The van der Waals surface area contributed by atoms with Crippen molar-refractivity contribution in [1.29, 1.82) is 0 Å². The first-order valence-corrected chi connectivity index (χ1v) is 28.4. The summed E-state index contributed by atoms with van der Waals surface area (Å²) < 4.78 is 10.7. The molecular weight excluding hydrogens is 837 g/mol. The molecule has 0 heterocycles. The third-order valence-corrected chi connectivity index (χ3v) is 12.1. The zero-order chi connectivity index (χ0) is 49.2. The lowest BCUT2D eigenvalue weighted by Gasteiger charge is -2.15. The van der Waals surface area contributed by atoms with E-state index in [9.17, 15) is 14.7 Å². The first-order valence-electron chi connectivity index (χ1n) is 28.4. The molecule has 1 N–H and O–H groups in total. The Morgan fingerprint density at radius 1 is 0.353 bits per heavy atom. The van der Waals surface area contributed by atoms with E-state index < -0.39 is 6.10 Å². The SMILES string of the molecule is CC/C=C\C/C=C\C/C=C\C/C=C\C/C=C\C/C=C\C/C=C\C/C=C\C/C=C\CCCCCC(=O)OC(CO)COC(=O)CCCCCCCCCCCCCCCCCCCCCCCCC. The van der Waals surface area contributed by atoms with Gasteiger partial charge in [0.15, 0.2) is 6.10 Å². The number of carbonyl (C=O) groups excluding carboxylic acids is 2. The van der Waals surface area contributed by atoms with Crippen molar-refractivity contribution < 1.29 is 24.2 Å². The highest BCUT2D eigenvalue weighted by molar-refractivity contribution is 5.70. The van der Waals surface area contributed by atoms with Crippen LogP contribution in [0.4, 0.5) is 0 Å². The molecule has 5 heteroatoms. The van der Waals surface area contributed by atoms with E-state index >= 15 is 0 Å². The number of hydrogen-bond acceptors (Lipinski definition) is 5. The molecule has 0 aromatic carbocycles. The average Bonchev–Trinajstić information content (AvgIpc) is 3.34. The summed E-state index contributed by atoms with van der Waals surface area (Å²) in [5.74, 6) is -0.627. The second kappa shape index (κ2) is 57.9. The molecule has 0 aliphatic rings. The fourth-order valence-electron chi connectivity index (χ4n) is 7.84. The fraction of sp³-hybridized carbons (Fsp3) is 0.683. The van der Waals surface area contributed by atoms with Gasteiger partial charge in [-0.15, -0.1) is 0 Å². The van der Waals surface area contributed by atoms with Gasteiger partial charge in [0.2, 0.25) is 0 Å². The highest BCUT2D eigenvalue weighted by Gasteiger charge is 2.16. The molecule has 0 spiro atoms. The lowest BCUT2D eigenvalue weighted by molar-refractivity contribution is -0.161. The molecule has 0 aliphatic carbocycles. The van der Waals surface area contributed by atoms with E-state index in [0.29, 0.717) is 12.8 Å². The van der Waals surface area contributed by atoms with E-state index in [1.807, 2.05) is 0 Å². The van der Waals surface area contributed by atoms with E-state index in [0.717, 1.165) is 103 Å². The zero-order valence-electron chi connectivity index (χ0n) is 44.3. The van der Waals surface area contributed by atoms with E-state index in [1.54, 1.807) is 0 Å². The van der Waals surface area contributed by atoms with Crippen LogP contribution in [-0.4, -0.2) is 36.4 Å². The van der Waals surface area contributed by atoms with Crippen molar-refractivity contribution in [2.75, 3.05) is 13.2 Å². The lowest BCUT2D eigenvalue weighted by atomic mass is 10.0. The molecule has 1 unspecified atom stereocenters. The summed E-state index contributed by atoms with van der Waals surface area (Å²) in [5.41, 5.74) is 0. The molecule has 0 fully saturated rings. The highest BCUT2D eigenvalue weighted by Crippen LogP contribution is 2.16. The van der Waals surface area contributed by atoms with Crippen LogP contribution in [0.5, 0.6) is 0 Å². The van der Waals surface area contributed by atoms with Gasteiger partial charge in [0.25, 0.3) is 0 Å². The molecule has 0 saturated carbocycles. The van der Waals surface area contributed by atoms with Gasteiger partial charge >= 0.3 is 11.9 Å². The summed E-state index contributed by atoms with van der Waals surface area (Å²) >= 11 is 0. The maximum Gasteiger partial charge on any atom is 0.306 e. The van der Waals surface area contributed by atoms with Gasteiger partial charge in [0.05, 0.1) is 6.61 Å². The number of aliphatic hydroxyl groups excluding tert-OH is 1.